The lowest BCUT2D eigenvalue weighted by Gasteiger charge is -2.01. The van der Waals surface area contributed by atoms with Crippen LogP contribution in [-0.2, 0) is 4.74 Å². The van der Waals surface area contributed by atoms with Crippen molar-refractivity contribution in [1.82, 2.24) is 9.78 Å². The van der Waals surface area contributed by atoms with Crippen molar-refractivity contribution in [1.29, 1.82) is 5.26 Å². The minimum absolute atomic E-state index is 0.209. The van der Waals surface area contributed by atoms with Gasteiger partial charge in [0.25, 0.3) is 0 Å². The number of ether oxygens (including phenoxy) is 1. The molecule has 3 aromatic rings. The molecule has 0 atom stereocenters. The molecule has 0 unspecified atom stereocenters. The zero-order chi connectivity index (χ0) is 16.9. The second-order valence-corrected chi connectivity index (χ2v) is 4.91. The van der Waals surface area contributed by atoms with Gasteiger partial charge in [-0.3, -0.25) is 0 Å². The number of carbonyl (C=O) groups excluding carboxylic acids is 1. The molecule has 5 nitrogen and oxygen atoms in total. The van der Waals surface area contributed by atoms with Crippen molar-refractivity contribution in [3.63, 3.8) is 0 Å². The molecule has 0 saturated carbocycles. The third-order valence-electron chi connectivity index (χ3n) is 3.34. The fraction of sp³-hybridized carbons (Fsp3) is 0.0556. The first kappa shape index (κ1) is 15.4. The molecule has 0 N–H and O–H groups in total. The molecule has 0 aliphatic rings. The lowest BCUT2D eigenvalue weighted by molar-refractivity contribution is 0.0556. The lowest BCUT2D eigenvalue weighted by atomic mass is 10.1. The summed E-state index contributed by atoms with van der Waals surface area (Å²) >= 11 is 0. The van der Waals surface area contributed by atoms with Crippen molar-refractivity contribution in [3.8, 4) is 23.0 Å². The van der Waals surface area contributed by atoms with Gasteiger partial charge in [-0.05, 0) is 36.4 Å². The van der Waals surface area contributed by atoms with E-state index in [0.717, 1.165) is 5.69 Å². The van der Waals surface area contributed by atoms with Crippen molar-refractivity contribution in [2.24, 2.45) is 0 Å². The first-order valence-electron chi connectivity index (χ1n) is 7.14. The Morgan fingerprint density at radius 3 is 2.54 bits per heavy atom. The van der Waals surface area contributed by atoms with Gasteiger partial charge in [-0.25, -0.2) is 13.9 Å². The molecule has 24 heavy (non-hydrogen) atoms. The minimum Gasteiger partial charge on any atom is -0.447 e. The summed E-state index contributed by atoms with van der Waals surface area (Å²) in [4.78, 5) is 12.2. The molecule has 0 saturated heterocycles. The molecule has 0 amide bonds. The van der Waals surface area contributed by atoms with Gasteiger partial charge in [0.15, 0.2) is 6.61 Å². The van der Waals surface area contributed by atoms with Crippen LogP contribution >= 0.6 is 0 Å². The standard InChI is InChI=1S/C18H12FN3O2/c19-14-8-6-13(7-9-14)17-16(18(23)24-11-10-20)12-22(21-17)15-4-2-1-3-5-15/h1-9,12H,11H2. The summed E-state index contributed by atoms with van der Waals surface area (Å²) in [6.07, 6.45) is 1.54. The number of nitriles is 1. The second-order valence-electron chi connectivity index (χ2n) is 4.91. The third kappa shape index (κ3) is 3.15. The van der Waals surface area contributed by atoms with Gasteiger partial charge >= 0.3 is 5.97 Å². The van der Waals surface area contributed by atoms with Crippen molar-refractivity contribution >= 4 is 5.97 Å². The zero-order valence-electron chi connectivity index (χ0n) is 12.5. The maximum Gasteiger partial charge on any atom is 0.343 e. The molecule has 0 fully saturated rings. The van der Waals surface area contributed by atoms with Gasteiger partial charge in [0.05, 0.1) is 5.69 Å². The number of aromatic nitrogens is 2. The van der Waals surface area contributed by atoms with Gasteiger partial charge < -0.3 is 4.74 Å². The average Bonchev–Trinajstić information content (AvgIpc) is 3.06. The van der Waals surface area contributed by atoms with Crippen LogP contribution in [0, 0.1) is 17.1 Å². The second kappa shape index (κ2) is 6.75. The normalized spacial score (nSPS) is 10.2. The highest BCUT2D eigenvalue weighted by molar-refractivity contribution is 5.96. The first-order valence-corrected chi connectivity index (χ1v) is 7.14. The Bertz CT molecular complexity index is 896. The number of benzene rings is 2. The summed E-state index contributed by atoms with van der Waals surface area (Å²) in [7, 11) is 0. The van der Waals surface area contributed by atoms with Crippen LogP contribution in [0.4, 0.5) is 4.39 Å². The summed E-state index contributed by atoms with van der Waals surface area (Å²) < 4.78 is 19.6. The Hall–Kier alpha value is -3.46. The highest BCUT2D eigenvalue weighted by Gasteiger charge is 2.20. The number of para-hydroxylation sites is 1. The van der Waals surface area contributed by atoms with E-state index in [1.807, 2.05) is 30.3 Å². The summed E-state index contributed by atoms with van der Waals surface area (Å²) in [6.45, 7) is -0.349. The maximum absolute atomic E-state index is 13.1. The topological polar surface area (TPSA) is 67.9 Å². The molecule has 1 heterocycles. The molecular weight excluding hydrogens is 309 g/mol. The van der Waals surface area contributed by atoms with E-state index in [1.165, 1.54) is 30.5 Å². The monoisotopic (exact) mass is 321 g/mol. The van der Waals surface area contributed by atoms with Crippen LogP contribution in [0.2, 0.25) is 0 Å². The Kier molecular flexibility index (Phi) is 4.34. The third-order valence-corrected chi connectivity index (χ3v) is 3.34. The van der Waals surface area contributed by atoms with E-state index in [9.17, 15) is 9.18 Å². The van der Waals surface area contributed by atoms with Crippen LogP contribution in [0.15, 0.2) is 60.8 Å². The lowest BCUT2D eigenvalue weighted by Crippen LogP contribution is -2.05. The number of esters is 1. The zero-order valence-corrected chi connectivity index (χ0v) is 12.5. The van der Waals surface area contributed by atoms with Gasteiger partial charge in [0.2, 0.25) is 0 Å². The van der Waals surface area contributed by atoms with E-state index in [1.54, 1.807) is 10.8 Å². The molecule has 1 aromatic heterocycles. The van der Waals surface area contributed by atoms with E-state index in [-0.39, 0.29) is 18.0 Å². The van der Waals surface area contributed by atoms with Gasteiger partial charge in [0.1, 0.15) is 23.1 Å². The predicted molar refractivity (Wildman–Crippen MR) is 84.9 cm³/mol. The van der Waals surface area contributed by atoms with Gasteiger partial charge in [-0.15, -0.1) is 0 Å². The number of hydrogen-bond donors (Lipinski definition) is 0. The highest BCUT2D eigenvalue weighted by atomic mass is 19.1. The van der Waals surface area contributed by atoms with Crippen LogP contribution < -0.4 is 0 Å². The Morgan fingerprint density at radius 1 is 1.17 bits per heavy atom. The Labute approximate surface area is 137 Å². The van der Waals surface area contributed by atoms with E-state index in [2.05, 4.69) is 5.10 Å². The molecule has 0 radical (unpaired) electrons. The Balaban J connectivity index is 2.08. The SMILES string of the molecule is N#CCOC(=O)c1cn(-c2ccccc2)nc1-c1ccc(F)cc1. The van der Waals surface area contributed by atoms with Crippen molar-refractivity contribution in [2.75, 3.05) is 6.61 Å². The van der Waals surface area contributed by atoms with E-state index < -0.39 is 5.97 Å². The molecule has 3 rings (SSSR count). The molecule has 0 aliphatic heterocycles. The van der Waals surface area contributed by atoms with Crippen LogP contribution in [-0.4, -0.2) is 22.4 Å². The summed E-state index contributed by atoms with van der Waals surface area (Å²) in [5, 5.41) is 13.0. The fourth-order valence-electron chi connectivity index (χ4n) is 2.23. The smallest absolute Gasteiger partial charge is 0.343 e. The largest absolute Gasteiger partial charge is 0.447 e. The average molecular weight is 321 g/mol. The number of halogens is 1. The molecule has 6 heteroatoms. The van der Waals surface area contributed by atoms with Gasteiger partial charge in [0, 0.05) is 11.8 Å². The predicted octanol–water partition coefficient (Wildman–Crippen LogP) is 3.36. The number of rotatable bonds is 4. The van der Waals surface area contributed by atoms with Crippen LogP contribution in [0.3, 0.4) is 0 Å². The van der Waals surface area contributed by atoms with Gasteiger partial charge in [-0.1, -0.05) is 18.2 Å². The maximum atomic E-state index is 13.1. The minimum atomic E-state index is -0.655. The van der Waals surface area contributed by atoms with E-state index >= 15 is 0 Å². The fourth-order valence-corrected chi connectivity index (χ4v) is 2.23. The van der Waals surface area contributed by atoms with Crippen LogP contribution in [0.25, 0.3) is 16.9 Å². The van der Waals surface area contributed by atoms with Crippen LogP contribution in [0.5, 0.6) is 0 Å². The summed E-state index contributed by atoms with van der Waals surface area (Å²) in [5.74, 6) is -1.03. The molecule has 0 spiro atoms. The number of carbonyl (C=O) groups is 1. The molecular formula is C18H12FN3O2. The first-order chi connectivity index (χ1) is 11.7. The number of nitrogens with zero attached hydrogens (tertiary/aromatic N) is 3. The van der Waals surface area contributed by atoms with Crippen molar-refractivity contribution in [2.45, 2.75) is 0 Å². The van der Waals surface area contributed by atoms with Crippen molar-refractivity contribution < 1.29 is 13.9 Å². The van der Waals surface area contributed by atoms with Crippen molar-refractivity contribution in [3.05, 3.63) is 72.2 Å². The number of hydrogen-bond acceptors (Lipinski definition) is 4. The van der Waals surface area contributed by atoms with E-state index in [0.29, 0.717) is 11.3 Å². The molecule has 118 valence electrons. The Morgan fingerprint density at radius 2 is 1.88 bits per heavy atom. The molecule has 0 bridgehead atoms. The van der Waals surface area contributed by atoms with Gasteiger partial charge in [-0.2, -0.15) is 10.4 Å². The highest BCUT2D eigenvalue weighted by Crippen LogP contribution is 2.24. The molecule has 0 aliphatic carbocycles. The summed E-state index contributed by atoms with van der Waals surface area (Å²) in [5.41, 5.74) is 1.91. The summed E-state index contributed by atoms with van der Waals surface area (Å²) in [6, 6.07) is 16.7. The quantitative estimate of drug-likeness (QED) is 0.691. The molecule has 2 aromatic carbocycles. The van der Waals surface area contributed by atoms with Crippen LogP contribution in [0.1, 0.15) is 10.4 Å². The van der Waals surface area contributed by atoms with E-state index in [4.69, 9.17) is 10.00 Å².